The van der Waals surface area contributed by atoms with Crippen LogP contribution in [0.2, 0.25) is 0 Å². The Morgan fingerprint density at radius 2 is 1.75 bits per heavy atom. The monoisotopic (exact) mass is 710 g/mol. The van der Waals surface area contributed by atoms with Crippen LogP contribution in [-0.4, -0.2) is 73.3 Å². The summed E-state index contributed by atoms with van der Waals surface area (Å²) >= 11 is 0. The molecule has 268 valence electrons. The van der Waals surface area contributed by atoms with E-state index in [0.29, 0.717) is 42.2 Å². The molecule has 13 heteroatoms. The molecule has 0 saturated carbocycles. The van der Waals surface area contributed by atoms with E-state index in [1.807, 2.05) is 25.1 Å². The van der Waals surface area contributed by atoms with Gasteiger partial charge in [-0.25, -0.2) is 14.4 Å². The smallest absolute Gasteiger partial charge is 0.283 e. The van der Waals surface area contributed by atoms with Gasteiger partial charge in [-0.1, -0.05) is 30.3 Å². The number of amides is 1. The Labute approximate surface area is 304 Å². The minimum Gasteiger partial charge on any atom is -0.369 e. The van der Waals surface area contributed by atoms with Crippen LogP contribution in [0.1, 0.15) is 16.7 Å². The Bertz CT molecular complexity index is 2470. The number of H-pyrrole nitrogens is 1. The lowest BCUT2D eigenvalue weighted by Crippen LogP contribution is -2.45. The fourth-order valence-corrected chi connectivity index (χ4v) is 7.33. The first-order chi connectivity index (χ1) is 25.9. The first kappa shape index (κ1) is 33.8. The molecule has 53 heavy (non-hydrogen) atoms. The van der Waals surface area contributed by atoms with Gasteiger partial charge in [0.2, 0.25) is 12.4 Å². The van der Waals surface area contributed by atoms with Gasteiger partial charge in [0.1, 0.15) is 11.2 Å². The predicted octanol–water partition coefficient (Wildman–Crippen LogP) is 5.46. The molecule has 0 bridgehead atoms. The van der Waals surface area contributed by atoms with Gasteiger partial charge in [0, 0.05) is 86.7 Å². The van der Waals surface area contributed by atoms with E-state index in [1.54, 1.807) is 42.3 Å². The second-order valence-corrected chi connectivity index (χ2v) is 13.3. The van der Waals surface area contributed by atoms with Gasteiger partial charge in [0.15, 0.2) is 11.5 Å². The van der Waals surface area contributed by atoms with Crippen LogP contribution in [0.3, 0.4) is 0 Å². The highest BCUT2D eigenvalue weighted by Gasteiger charge is 2.20. The molecule has 1 fully saturated rings. The van der Waals surface area contributed by atoms with Crippen LogP contribution in [0, 0.1) is 12.7 Å². The number of hydrogen-bond donors (Lipinski definition) is 3. The largest absolute Gasteiger partial charge is 0.369 e. The third kappa shape index (κ3) is 6.74. The summed E-state index contributed by atoms with van der Waals surface area (Å²) in [5.41, 5.74) is 8.23. The molecule has 0 radical (unpaired) electrons. The van der Waals surface area contributed by atoms with Crippen LogP contribution in [0.4, 0.5) is 21.7 Å². The van der Waals surface area contributed by atoms with Crippen LogP contribution >= 0.6 is 0 Å². The summed E-state index contributed by atoms with van der Waals surface area (Å²) in [6.07, 6.45) is 4.55. The first-order valence-electron chi connectivity index (χ1n) is 17.6. The molecule has 1 amide bonds. The second-order valence-electron chi connectivity index (χ2n) is 13.3. The van der Waals surface area contributed by atoms with E-state index in [9.17, 15) is 14.0 Å². The fourth-order valence-electron chi connectivity index (χ4n) is 7.33. The van der Waals surface area contributed by atoms with Crippen LogP contribution in [0.5, 0.6) is 0 Å². The number of halogens is 1. The van der Waals surface area contributed by atoms with Gasteiger partial charge in [-0.05, 0) is 84.1 Å². The molecule has 5 heterocycles. The van der Waals surface area contributed by atoms with Crippen molar-refractivity contribution in [1.29, 1.82) is 0 Å². The number of aromatic nitrogens is 6. The van der Waals surface area contributed by atoms with Gasteiger partial charge >= 0.3 is 0 Å². The average molecular weight is 711 g/mol. The van der Waals surface area contributed by atoms with Crippen molar-refractivity contribution in [2.45, 2.75) is 19.9 Å². The van der Waals surface area contributed by atoms with Crippen LogP contribution < -0.4 is 21.1 Å². The lowest BCUT2D eigenvalue weighted by Gasteiger charge is -2.36. The number of fused-ring (bicyclic) bond motifs is 2. The molecule has 3 aromatic carbocycles. The standard InChI is InChI=1S/C40H39FN10O2/c1-26-21-29(41)22-34-36(26)32(14-16-42-25-52)37(46-34)28-8-6-27(7-9-28)24-49-17-19-50(20-18-49)31-12-10-30(11-13-31)45-40-44-23-33-38(47-40)48(2)51(39(33)53)35-5-3-4-15-43-35/h3-13,15,21-23,25,46H,14,16-20,24H2,1-2H3,(H,42,52)(H,44,45,47). The zero-order valence-electron chi connectivity index (χ0n) is 29.5. The number of nitrogens with one attached hydrogen (secondary N) is 3. The van der Waals surface area contributed by atoms with E-state index in [-0.39, 0.29) is 11.4 Å². The number of carbonyl (C=O) groups excluding carboxylic acids is 1. The van der Waals surface area contributed by atoms with Gasteiger partial charge in [0.25, 0.3) is 5.56 Å². The highest BCUT2D eigenvalue weighted by atomic mass is 19.1. The maximum atomic E-state index is 14.2. The molecule has 12 nitrogen and oxygen atoms in total. The summed E-state index contributed by atoms with van der Waals surface area (Å²) < 4.78 is 17.4. The van der Waals surface area contributed by atoms with Crippen LogP contribution in [0.15, 0.2) is 96.1 Å². The number of carbonyl (C=O) groups is 1. The number of hydrogen-bond acceptors (Lipinski definition) is 8. The number of anilines is 3. The summed E-state index contributed by atoms with van der Waals surface area (Å²) in [4.78, 5) is 45.6. The molecule has 7 aromatic rings. The molecule has 1 aliphatic heterocycles. The Kier molecular flexibility index (Phi) is 9.15. The molecule has 0 aliphatic carbocycles. The third-order valence-electron chi connectivity index (χ3n) is 9.94. The Morgan fingerprint density at radius 1 is 0.962 bits per heavy atom. The quantitative estimate of drug-likeness (QED) is 0.119. The summed E-state index contributed by atoms with van der Waals surface area (Å²) in [5, 5.41) is 7.46. The second kappa shape index (κ2) is 14.4. The lowest BCUT2D eigenvalue weighted by molar-refractivity contribution is -0.109. The van der Waals surface area contributed by atoms with Crippen molar-refractivity contribution in [3.63, 3.8) is 0 Å². The van der Waals surface area contributed by atoms with Crippen molar-refractivity contribution in [2.24, 2.45) is 7.05 Å². The SMILES string of the molecule is Cc1cc(F)cc2[nH]c(-c3ccc(CN4CCN(c5ccc(Nc6ncc7c(=O)n(-c8ccccn8)n(C)c7n6)cc5)CC4)cc3)c(CCNC=O)c12. The Balaban J connectivity index is 0.889. The molecule has 1 aliphatic rings. The molecule has 4 aromatic heterocycles. The maximum absolute atomic E-state index is 14.2. The summed E-state index contributed by atoms with van der Waals surface area (Å²) in [7, 11) is 1.78. The topological polar surface area (TPSA) is 129 Å². The molecule has 1 saturated heterocycles. The van der Waals surface area contributed by atoms with E-state index >= 15 is 0 Å². The normalized spacial score (nSPS) is 13.5. The van der Waals surface area contributed by atoms with Crippen LogP contribution in [0.25, 0.3) is 39.0 Å². The third-order valence-corrected chi connectivity index (χ3v) is 9.94. The average Bonchev–Trinajstić information content (AvgIpc) is 3.66. The number of rotatable bonds is 11. The molecule has 8 rings (SSSR count). The molecule has 0 spiro atoms. The van der Waals surface area contributed by atoms with Crippen molar-refractivity contribution in [1.82, 2.24) is 39.5 Å². The summed E-state index contributed by atoms with van der Waals surface area (Å²) in [6, 6.07) is 25.3. The molecule has 0 unspecified atom stereocenters. The number of aryl methyl sites for hydroxylation is 2. The number of nitrogens with zero attached hydrogens (tertiary/aromatic N) is 7. The number of aromatic amines is 1. The van der Waals surface area contributed by atoms with Gasteiger partial charge in [0.05, 0.1) is 0 Å². The predicted molar refractivity (Wildman–Crippen MR) is 205 cm³/mol. The van der Waals surface area contributed by atoms with Crippen molar-refractivity contribution in [3.05, 3.63) is 124 Å². The van der Waals surface area contributed by atoms with Crippen molar-refractivity contribution in [2.75, 3.05) is 42.9 Å². The zero-order valence-corrected chi connectivity index (χ0v) is 29.5. The van der Waals surface area contributed by atoms with Crippen molar-refractivity contribution < 1.29 is 9.18 Å². The van der Waals surface area contributed by atoms with Gasteiger partial charge < -0.3 is 20.5 Å². The summed E-state index contributed by atoms with van der Waals surface area (Å²) in [5.74, 6) is 0.654. The molecule has 0 atom stereocenters. The Morgan fingerprint density at radius 3 is 2.49 bits per heavy atom. The fraction of sp³-hybridized carbons (Fsp3) is 0.225. The first-order valence-corrected chi connectivity index (χ1v) is 17.6. The molecular formula is C40H39FN10O2. The minimum absolute atomic E-state index is 0.220. The minimum atomic E-state index is -0.269. The van der Waals surface area contributed by atoms with Crippen LogP contribution in [-0.2, 0) is 24.8 Å². The van der Waals surface area contributed by atoms with Crippen molar-refractivity contribution in [3.8, 4) is 17.1 Å². The van der Waals surface area contributed by atoms with E-state index in [2.05, 4.69) is 76.8 Å². The van der Waals surface area contributed by atoms with Gasteiger partial charge in [-0.2, -0.15) is 9.67 Å². The number of benzene rings is 3. The maximum Gasteiger partial charge on any atom is 0.283 e. The zero-order chi connectivity index (χ0) is 36.5. The molecular weight excluding hydrogens is 672 g/mol. The lowest BCUT2D eigenvalue weighted by atomic mass is 9.99. The number of pyridine rings is 1. The molecule has 3 N–H and O–H groups in total. The van der Waals surface area contributed by atoms with Gasteiger partial charge in [-0.3, -0.25) is 19.2 Å². The van der Waals surface area contributed by atoms with Gasteiger partial charge in [-0.15, -0.1) is 0 Å². The van der Waals surface area contributed by atoms with E-state index < -0.39 is 0 Å². The van der Waals surface area contributed by atoms with Crippen molar-refractivity contribution >= 4 is 45.7 Å². The van der Waals surface area contributed by atoms with E-state index in [4.69, 9.17) is 0 Å². The van der Waals surface area contributed by atoms with E-state index in [0.717, 1.165) is 77.4 Å². The highest BCUT2D eigenvalue weighted by Crippen LogP contribution is 2.34. The Hall–Kier alpha value is -6.34. The van der Waals surface area contributed by atoms with E-state index in [1.165, 1.54) is 16.3 Å². The summed E-state index contributed by atoms with van der Waals surface area (Å²) in [6.45, 7) is 6.98. The highest BCUT2D eigenvalue weighted by molar-refractivity contribution is 5.93. The number of piperazine rings is 1.